The Morgan fingerprint density at radius 2 is 1.18 bits per heavy atom. The van der Waals surface area contributed by atoms with E-state index < -0.39 is 7.82 Å². The molecule has 0 aliphatic carbocycles. The molecule has 1 aromatic rings. The smallest absolute Gasteiger partial charge is 0.400 e. The fourth-order valence-corrected chi connectivity index (χ4v) is 0.478. The number of hydrogen-bond acceptors (Lipinski definition) is 3. The Balaban J connectivity index is -0.0000000758. The molecule has 0 heterocycles. The van der Waals surface area contributed by atoms with E-state index in [0.717, 1.165) is 19.8 Å². The fraction of sp³-hybridized carbons (Fsp3) is 0.222. The largest absolute Gasteiger partial charge is 1.00 e. The van der Waals surface area contributed by atoms with E-state index in [1.807, 2.05) is 30.3 Å². The van der Waals surface area contributed by atoms with E-state index >= 15 is 0 Å². The number of aliphatic hydroxyl groups excluding tert-OH is 2. The summed E-state index contributed by atoms with van der Waals surface area (Å²) in [5.74, 6) is 0. The van der Waals surface area contributed by atoms with Gasteiger partial charge < -0.3 is 24.9 Å². The van der Waals surface area contributed by atoms with Gasteiger partial charge in [-0.1, -0.05) is 6.07 Å². The van der Waals surface area contributed by atoms with Gasteiger partial charge >= 0.3 is 30.2 Å². The molecule has 0 amide bonds. The first-order valence-corrected chi connectivity index (χ1v) is 5.51. The van der Waals surface area contributed by atoms with E-state index in [9.17, 15) is 0 Å². The second-order valence-corrected chi connectivity index (χ2v) is 3.03. The monoisotopic (exact) mass is 360 g/mol. The van der Waals surface area contributed by atoms with Crippen molar-refractivity contribution in [1.29, 1.82) is 0 Å². The molecule has 1 aromatic carbocycles. The molecule has 0 saturated carbocycles. The maximum Gasteiger partial charge on any atom is 1.00 e. The maximum absolute atomic E-state index is 8.88. The third-order valence-electron chi connectivity index (χ3n) is 0.843. The van der Waals surface area contributed by atoms with E-state index in [1.54, 1.807) is 0 Å². The molecule has 0 aliphatic heterocycles. The van der Waals surface area contributed by atoms with Crippen molar-refractivity contribution in [2.75, 3.05) is 14.2 Å². The van der Waals surface area contributed by atoms with Crippen LogP contribution in [0.1, 0.15) is 5.56 Å². The van der Waals surface area contributed by atoms with Crippen LogP contribution in [0.5, 0.6) is 0 Å². The second-order valence-electron chi connectivity index (χ2n) is 2.00. The van der Waals surface area contributed by atoms with Crippen molar-refractivity contribution in [3.05, 3.63) is 42.8 Å². The van der Waals surface area contributed by atoms with Gasteiger partial charge in [0.15, 0.2) is 0 Å². The van der Waals surface area contributed by atoms with Crippen LogP contribution in [0.15, 0.2) is 30.3 Å². The summed E-state index contributed by atoms with van der Waals surface area (Å²) < 4.78 is 8.88. The first-order chi connectivity index (χ1) is 7.39. The van der Waals surface area contributed by atoms with Crippen molar-refractivity contribution < 1.29 is 51.8 Å². The molecule has 0 saturated heterocycles. The minimum atomic E-state index is -4.64. The molecule has 5 N–H and O–H groups in total. The van der Waals surface area contributed by atoms with Gasteiger partial charge in [0, 0.05) is 14.2 Å². The molecule has 106 valence electrons. The number of aliphatic hydroxyl groups is 2. The van der Waals surface area contributed by atoms with Gasteiger partial charge in [-0.2, -0.15) is 24.6 Å². The molecule has 8 heteroatoms. The fourth-order valence-electron chi connectivity index (χ4n) is 0.478. The van der Waals surface area contributed by atoms with Gasteiger partial charge in [-0.15, -0.1) is 12.1 Å². The van der Waals surface area contributed by atoms with E-state index in [1.165, 1.54) is 0 Å². The van der Waals surface area contributed by atoms with E-state index in [0.29, 0.717) is 0 Å². The summed E-state index contributed by atoms with van der Waals surface area (Å²) in [7, 11) is -2.64. The van der Waals surface area contributed by atoms with Crippen LogP contribution in [0.3, 0.4) is 0 Å². The maximum atomic E-state index is 8.88. The summed E-state index contributed by atoms with van der Waals surface area (Å²) in [6.07, 6.45) is 0. The molecule has 0 atom stereocenters. The minimum absolute atomic E-state index is 0. The Bertz CT molecular complexity index is 255. The molecular formula is C9H18AgO6P. The van der Waals surface area contributed by atoms with Crippen LogP contribution in [0.25, 0.3) is 0 Å². The van der Waals surface area contributed by atoms with Crippen molar-refractivity contribution in [3.63, 3.8) is 0 Å². The SMILES string of the molecule is CO.CO.O=P(O)(O)O.[Ag+].[CH2-]c1ccccc1. The van der Waals surface area contributed by atoms with Crippen molar-refractivity contribution in [2.24, 2.45) is 0 Å². The van der Waals surface area contributed by atoms with Gasteiger partial charge in [0.05, 0.1) is 0 Å². The summed E-state index contributed by atoms with van der Waals surface area (Å²) >= 11 is 0. The summed E-state index contributed by atoms with van der Waals surface area (Å²) in [5.41, 5.74) is 1.07. The topological polar surface area (TPSA) is 118 Å². The third-order valence-corrected chi connectivity index (χ3v) is 0.843. The third kappa shape index (κ3) is 49.3. The molecule has 0 fully saturated rings. The number of benzene rings is 1. The van der Waals surface area contributed by atoms with E-state index in [-0.39, 0.29) is 22.4 Å². The van der Waals surface area contributed by atoms with Gasteiger partial charge in [-0.3, -0.25) is 0 Å². The summed E-state index contributed by atoms with van der Waals surface area (Å²) in [6, 6.07) is 9.87. The van der Waals surface area contributed by atoms with Crippen molar-refractivity contribution in [3.8, 4) is 0 Å². The average molecular weight is 361 g/mol. The number of phosphoric acid groups is 1. The van der Waals surface area contributed by atoms with Gasteiger partial charge in [-0.25, -0.2) is 4.57 Å². The number of rotatable bonds is 0. The van der Waals surface area contributed by atoms with Crippen LogP contribution in [0, 0.1) is 6.92 Å². The Hall–Kier alpha value is -0.140. The molecule has 17 heavy (non-hydrogen) atoms. The van der Waals surface area contributed by atoms with Crippen molar-refractivity contribution in [1.82, 2.24) is 0 Å². The van der Waals surface area contributed by atoms with E-state index in [2.05, 4.69) is 6.92 Å². The van der Waals surface area contributed by atoms with Gasteiger partial charge in [-0.05, 0) is 0 Å². The van der Waals surface area contributed by atoms with Crippen LogP contribution in [-0.4, -0.2) is 39.1 Å². The Kier molecular flexibility index (Phi) is 27.5. The molecule has 0 radical (unpaired) electrons. The van der Waals surface area contributed by atoms with Crippen LogP contribution in [0.4, 0.5) is 0 Å². The summed E-state index contributed by atoms with van der Waals surface area (Å²) in [5, 5.41) is 14.0. The first-order valence-electron chi connectivity index (χ1n) is 3.94. The Labute approximate surface area is 117 Å². The molecule has 0 bridgehead atoms. The summed E-state index contributed by atoms with van der Waals surface area (Å²) in [6.45, 7) is 3.72. The van der Waals surface area contributed by atoms with Crippen LogP contribution in [0.2, 0.25) is 0 Å². The Morgan fingerprint density at radius 1 is 0.941 bits per heavy atom. The quantitative estimate of drug-likeness (QED) is 0.255. The van der Waals surface area contributed by atoms with Crippen molar-refractivity contribution >= 4 is 7.82 Å². The standard InChI is InChI=1S/C7H7.2CH4O.Ag.H3O4P/c1-7-5-3-2-4-6-7;2*1-2;;1-5(2,3)4/h2-6H,1H2;2*2H,1H3;;(H3,1,2,3,4)/q-1;;;+1;. The average Bonchev–Trinajstić information content (AvgIpc) is 2.22. The zero-order valence-corrected chi connectivity index (χ0v) is 11.9. The predicted molar refractivity (Wildman–Crippen MR) is 61.4 cm³/mol. The molecule has 0 unspecified atom stereocenters. The minimum Gasteiger partial charge on any atom is -0.400 e. The molecule has 0 spiro atoms. The normalized spacial score (nSPS) is 7.71. The zero-order chi connectivity index (χ0) is 13.6. The predicted octanol–water partition coefficient (Wildman–Crippen LogP) is 0.155. The number of hydrogen-bond donors (Lipinski definition) is 5. The van der Waals surface area contributed by atoms with Crippen LogP contribution >= 0.6 is 7.82 Å². The van der Waals surface area contributed by atoms with Gasteiger partial charge in [0.1, 0.15) is 0 Å². The van der Waals surface area contributed by atoms with Gasteiger partial charge in [0.2, 0.25) is 0 Å². The van der Waals surface area contributed by atoms with Crippen LogP contribution < -0.4 is 0 Å². The molecule has 6 nitrogen and oxygen atoms in total. The zero-order valence-electron chi connectivity index (χ0n) is 9.49. The molecule has 0 aromatic heterocycles. The molecular weight excluding hydrogens is 343 g/mol. The summed E-state index contributed by atoms with van der Waals surface area (Å²) in [4.78, 5) is 21.6. The Morgan fingerprint density at radius 3 is 1.29 bits per heavy atom. The van der Waals surface area contributed by atoms with Crippen LogP contribution in [-0.2, 0) is 26.9 Å². The van der Waals surface area contributed by atoms with Gasteiger partial charge in [0.25, 0.3) is 0 Å². The van der Waals surface area contributed by atoms with Crippen molar-refractivity contribution in [2.45, 2.75) is 0 Å². The van der Waals surface area contributed by atoms with E-state index in [4.69, 9.17) is 29.5 Å². The molecule has 0 aliphatic rings. The molecule has 1 rings (SSSR count). The second kappa shape index (κ2) is 18.2. The first kappa shape index (κ1) is 25.6.